The molecule has 2 atom stereocenters. The average molecular weight is 474 g/mol. The first-order valence-corrected chi connectivity index (χ1v) is 12.9. The number of fused-ring (bicyclic) bond motifs is 1. The van der Waals surface area contributed by atoms with Gasteiger partial charge in [0.25, 0.3) is 0 Å². The number of aliphatic imine (C=N–C) groups is 1. The van der Waals surface area contributed by atoms with E-state index in [1.54, 1.807) is 23.9 Å². The van der Waals surface area contributed by atoms with E-state index in [0.29, 0.717) is 25.7 Å². The molecule has 2 aliphatic heterocycles. The molecule has 33 heavy (non-hydrogen) atoms. The van der Waals surface area contributed by atoms with Crippen LogP contribution >= 0.6 is 11.8 Å². The molecule has 1 aromatic heterocycles. The zero-order chi connectivity index (χ0) is 22.8. The molecule has 1 amide bonds. The highest BCUT2D eigenvalue weighted by atomic mass is 32.2. The molecule has 7 nitrogen and oxygen atoms in total. The molecule has 5 rings (SSSR count). The minimum absolute atomic E-state index is 0.00621. The van der Waals surface area contributed by atoms with Crippen LogP contribution in [-0.2, 0) is 9.53 Å². The summed E-state index contributed by atoms with van der Waals surface area (Å²) < 4.78 is 19.6. The molecule has 3 N–H and O–H groups in total. The Hall–Kier alpha value is -2.10. The second kappa shape index (κ2) is 10.0. The molecule has 1 aromatic carbocycles. The number of rotatable bonds is 7. The van der Waals surface area contributed by atoms with Gasteiger partial charge in [0.05, 0.1) is 42.3 Å². The largest absolute Gasteiger partial charge is 0.381 e. The molecule has 3 heterocycles. The number of benzene rings is 1. The number of halogens is 1. The van der Waals surface area contributed by atoms with Crippen molar-refractivity contribution in [3.8, 4) is 0 Å². The number of ether oxygens (including phenoxy) is 1. The standard InChI is InChI=1S/C24H32FN5O2S/c1-15(30-6-8-32-9-7-30)26-22(31)13-19-14-33-24(28-19)21-11-16-10-17(25)12-20(23(16)29-21)27-18-4-2-3-5-18/h10-12,15,18-19,27,29H,2-9,13-14H2,1H3,(H,26,31). The molecule has 178 valence electrons. The highest BCUT2D eigenvalue weighted by Gasteiger charge is 2.26. The van der Waals surface area contributed by atoms with Gasteiger partial charge >= 0.3 is 0 Å². The number of thioether (sulfide) groups is 1. The van der Waals surface area contributed by atoms with E-state index >= 15 is 0 Å². The van der Waals surface area contributed by atoms with Gasteiger partial charge in [0.2, 0.25) is 5.91 Å². The maximum absolute atomic E-state index is 14.3. The number of hydrogen-bond donors (Lipinski definition) is 3. The molecular formula is C24H32FN5O2S. The van der Waals surface area contributed by atoms with Gasteiger partial charge in [0, 0.05) is 36.7 Å². The number of carbonyl (C=O) groups is 1. The summed E-state index contributed by atoms with van der Waals surface area (Å²) in [5.74, 6) is 0.552. The number of aromatic amines is 1. The van der Waals surface area contributed by atoms with Crippen LogP contribution < -0.4 is 10.6 Å². The van der Waals surface area contributed by atoms with Crippen LogP contribution in [0, 0.1) is 5.82 Å². The molecule has 3 aliphatic rings. The van der Waals surface area contributed by atoms with Crippen molar-refractivity contribution >= 4 is 39.3 Å². The van der Waals surface area contributed by atoms with Gasteiger partial charge in [0.1, 0.15) is 10.9 Å². The lowest BCUT2D eigenvalue weighted by Crippen LogP contribution is -2.51. The number of hydrogen-bond acceptors (Lipinski definition) is 6. The fourth-order valence-electron chi connectivity index (χ4n) is 4.96. The molecule has 2 fully saturated rings. The van der Waals surface area contributed by atoms with Crippen LogP contribution in [0.3, 0.4) is 0 Å². The number of anilines is 1. The molecule has 1 aliphatic carbocycles. The Morgan fingerprint density at radius 3 is 2.88 bits per heavy atom. The van der Waals surface area contributed by atoms with E-state index in [0.717, 1.165) is 59.0 Å². The van der Waals surface area contributed by atoms with Gasteiger partial charge < -0.3 is 20.4 Å². The fourth-order valence-corrected chi connectivity index (χ4v) is 5.99. The smallest absolute Gasteiger partial charge is 0.223 e. The number of carbonyl (C=O) groups excluding carboxylic acids is 1. The van der Waals surface area contributed by atoms with Crippen LogP contribution in [0.4, 0.5) is 10.1 Å². The Balaban J connectivity index is 1.24. The lowest BCUT2D eigenvalue weighted by molar-refractivity contribution is -0.123. The van der Waals surface area contributed by atoms with E-state index < -0.39 is 0 Å². The first-order valence-electron chi connectivity index (χ1n) is 12.0. The third kappa shape index (κ3) is 5.36. The quantitative estimate of drug-likeness (QED) is 0.571. The van der Waals surface area contributed by atoms with Gasteiger partial charge in [-0.3, -0.25) is 14.7 Å². The second-order valence-corrected chi connectivity index (χ2v) is 10.2. The van der Waals surface area contributed by atoms with Crippen LogP contribution in [0.15, 0.2) is 23.2 Å². The maximum atomic E-state index is 14.3. The Bertz CT molecular complexity index is 1030. The summed E-state index contributed by atoms with van der Waals surface area (Å²) in [4.78, 5) is 23.1. The molecular weight excluding hydrogens is 441 g/mol. The summed E-state index contributed by atoms with van der Waals surface area (Å²) in [7, 11) is 0. The van der Waals surface area contributed by atoms with Crippen molar-refractivity contribution in [1.29, 1.82) is 0 Å². The van der Waals surface area contributed by atoms with Crippen LogP contribution in [0.2, 0.25) is 0 Å². The summed E-state index contributed by atoms with van der Waals surface area (Å²) >= 11 is 1.65. The van der Waals surface area contributed by atoms with Crippen LogP contribution in [0.25, 0.3) is 10.9 Å². The Labute approximate surface area is 197 Å². The molecule has 9 heteroatoms. The zero-order valence-corrected chi connectivity index (χ0v) is 19.8. The van der Waals surface area contributed by atoms with Crippen LogP contribution in [0.5, 0.6) is 0 Å². The molecule has 0 radical (unpaired) electrons. The van der Waals surface area contributed by atoms with E-state index in [9.17, 15) is 9.18 Å². The summed E-state index contributed by atoms with van der Waals surface area (Å²) in [5.41, 5.74) is 2.63. The van der Waals surface area contributed by atoms with Crippen molar-refractivity contribution in [3.63, 3.8) is 0 Å². The third-order valence-electron chi connectivity index (χ3n) is 6.73. The average Bonchev–Trinajstić information content (AvgIpc) is 3.55. The molecule has 1 saturated carbocycles. The number of amides is 1. The summed E-state index contributed by atoms with van der Waals surface area (Å²) in [6, 6.07) is 5.46. The van der Waals surface area contributed by atoms with E-state index in [-0.39, 0.29) is 23.9 Å². The molecule has 2 aromatic rings. The summed E-state index contributed by atoms with van der Waals surface area (Å²) in [6.45, 7) is 5.10. The number of H-pyrrole nitrogens is 1. The minimum Gasteiger partial charge on any atom is -0.381 e. The van der Waals surface area contributed by atoms with Gasteiger partial charge in [-0.2, -0.15) is 0 Å². The lowest BCUT2D eigenvalue weighted by Gasteiger charge is -2.32. The van der Waals surface area contributed by atoms with Crippen LogP contribution in [0.1, 0.15) is 44.7 Å². The molecule has 0 bridgehead atoms. The maximum Gasteiger partial charge on any atom is 0.223 e. The monoisotopic (exact) mass is 473 g/mol. The highest BCUT2D eigenvalue weighted by molar-refractivity contribution is 8.14. The summed E-state index contributed by atoms with van der Waals surface area (Å²) in [5, 5.41) is 8.35. The third-order valence-corrected chi connectivity index (χ3v) is 7.89. The lowest BCUT2D eigenvalue weighted by atomic mass is 10.2. The number of nitrogens with one attached hydrogen (secondary N) is 3. The predicted molar refractivity (Wildman–Crippen MR) is 132 cm³/mol. The van der Waals surface area contributed by atoms with Crippen LogP contribution in [-0.4, -0.2) is 71.1 Å². The van der Waals surface area contributed by atoms with Gasteiger partial charge in [-0.05, 0) is 38.0 Å². The fraction of sp³-hybridized carbons (Fsp3) is 0.583. The second-order valence-electron chi connectivity index (χ2n) is 9.22. The van der Waals surface area contributed by atoms with E-state index in [4.69, 9.17) is 9.73 Å². The number of nitrogens with zero attached hydrogens (tertiary/aromatic N) is 2. The van der Waals surface area contributed by atoms with Crippen molar-refractivity contribution < 1.29 is 13.9 Å². The van der Waals surface area contributed by atoms with Gasteiger partial charge in [-0.25, -0.2) is 4.39 Å². The molecule has 0 spiro atoms. The molecule has 2 unspecified atom stereocenters. The Kier molecular flexibility index (Phi) is 6.89. The topological polar surface area (TPSA) is 81.8 Å². The first kappa shape index (κ1) is 22.7. The number of morpholine rings is 1. The Morgan fingerprint density at radius 2 is 2.09 bits per heavy atom. The Morgan fingerprint density at radius 1 is 1.30 bits per heavy atom. The van der Waals surface area contributed by atoms with Crippen molar-refractivity contribution in [1.82, 2.24) is 15.2 Å². The molecule has 1 saturated heterocycles. The first-order chi connectivity index (χ1) is 16.0. The number of aromatic nitrogens is 1. The highest BCUT2D eigenvalue weighted by Crippen LogP contribution is 2.32. The van der Waals surface area contributed by atoms with Crippen molar-refractivity contribution in [3.05, 3.63) is 29.7 Å². The van der Waals surface area contributed by atoms with E-state index in [1.165, 1.54) is 12.8 Å². The minimum atomic E-state index is -0.238. The van der Waals surface area contributed by atoms with Gasteiger partial charge in [-0.15, -0.1) is 11.8 Å². The van der Waals surface area contributed by atoms with Gasteiger partial charge in [0.15, 0.2) is 0 Å². The SMILES string of the molecule is CC(NC(=O)CC1CSC(c2cc3cc(F)cc(NC4CCCC4)c3[nH]2)=N1)N1CCOCC1. The normalized spacial score (nSPS) is 23.1. The predicted octanol–water partition coefficient (Wildman–Crippen LogP) is 3.71. The van der Waals surface area contributed by atoms with E-state index in [2.05, 4.69) is 20.5 Å². The van der Waals surface area contributed by atoms with Crippen molar-refractivity contribution in [2.75, 3.05) is 37.4 Å². The van der Waals surface area contributed by atoms with Crippen molar-refractivity contribution in [2.24, 2.45) is 4.99 Å². The van der Waals surface area contributed by atoms with E-state index in [1.807, 2.05) is 13.0 Å². The van der Waals surface area contributed by atoms with Crippen molar-refractivity contribution in [2.45, 2.75) is 57.3 Å². The summed E-state index contributed by atoms with van der Waals surface area (Å²) in [6.07, 6.45) is 5.06. The zero-order valence-electron chi connectivity index (χ0n) is 19.0. The van der Waals surface area contributed by atoms with Gasteiger partial charge in [-0.1, -0.05) is 12.8 Å².